The highest BCUT2D eigenvalue weighted by Crippen LogP contribution is 2.28. The molecule has 0 N–H and O–H groups in total. The number of carbonyl (C=O) groups excluding carboxylic acids is 2. The summed E-state index contributed by atoms with van der Waals surface area (Å²) in [6, 6.07) is 10.6. The maximum absolute atomic E-state index is 13.2. The lowest BCUT2D eigenvalue weighted by molar-refractivity contribution is -0.142. The maximum atomic E-state index is 13.2. The van der Waals surface area contributed by atoms with E-state index in [4.69, 9.17) is 4.74 Å². The van der Waals surface area contributed by atoms with Crippen molar-refractivity contribution in [2.24, 2.45) is 0 Å². The molecule has 1 amide bonds. The van der Waals surface area contributed by atoms with Crippen molar-refractivity contribution in [1.29, 1.82) is 0 Å². The van der Waals surface area contributed by atoms with E-state index in [0.717, 1.165) is 0 Å². The first-order chi connectivity index (χ1) is 13.4. The number of methoxy groups -OCH3 is 1. The molecule has 2 rings (SSSR count). The van der Waals surface area contributed by atoms with Crippen LogP contribution in [-0.4, -0.2) is 44.4 Å². The number of amides is 1. The van der Waals surface area contributed by atoms with Crippen molar-refractivity contribution in [3.8, 4) is 0 Å². The Hall–Kier alpha value is -1.71. The zero-order valence-corrected chi connectivity index (χ0v) is 20.4. The summed E-state index contributed by atoms with van der Waals surface area (Å²) in [5.41, 5.74) is -0.538. The number of carbonyl (C=O) groups is 2. The Kier molecular flexibility index (Phi) is 7.29. The smallest absolute Gasteiger partial charge is 0.325 e. The highest BCUT2D eigenvalue weighted by Gasteiger charge is 2.31. The Morgan fingerprint density at radius 1 is 1.00 bits per heavy atom. The first-order valence-corrected chi connectivity index (χ1v) is 11.6. The number of nitrogens with zero attached hydrogens (tertiary/aromatic N) is 1. The van der Waals surface area contributed by atoms with Crippen LogP contribution in [0, 0.1) is 0 Å². The number of hydrogen-bond acceptors (Lipinski definition) is 5. The van der Waals surface area contributed by atoms with Gasteiger partial charge >= 0.3 is 5.97 Å². The lowest BCUT2D eigenvalue weighted by Crippen LogP contribution is -2.48. The van der Waals surface area contributed by atoms with Crippen LogP contribution in [-0.2, 0) is 19.4 Å². The van der Waals surface area contributed by atoms with Gasteiger partial charge in [-0.05, 0) is 57.2 Å². The molecule has 0 unspecified atom stereocenters. The molecule has 0 atom stereocenters. The summed E-state index contributed by atoms with van der Waals surface area (Å²) in [5, 5.41) is 0. The van der Waals surface area contributed by atoms with Crippen molar-refractivity contribution in [3.05, 3.63) is 57.0 Å². The van der Waals surface area contributed by atoms with Crippen LogP contribution in [0.15, 0.2) is 61.2 Å². The van der Waals surface area contributed by atoms with Crippen molar-refractivity contribution in [1.82, 2.24) is 4.90 Å². The Balaban J connectivity index is 2.54. The Bertz CT molecular complexity index is 1050. The first-order valence-electron chi connectivity index (χ1n) is 8.56. The zero-order chi connectivity index (χ0) is 22.0. The summed E-state index contributed by atoms with van der Waals surface area (Å²) in [6.45, 7) is 5.10. The summed E-state index contributed by atoms with van der Waals surface area (Å²) in [7, 11) is -2.61. The predicted molar refractivity (Wildman–Crippen MR) is 117 cm³/mol. The number of esters is 1. The minimum absolute atomic E-state index is 0.0275. The van der Waals surface area contributed by atoms with Crippen LogP contribution < -0.4 is 0 Å². The number of halogens is 2. The van der Waals surface area contributed by atoms with Crippen LogP contribution in [0.1, 0.15) is 31.1 Å². The van der Waals surface area contributed by atoms with Crippen molar-refractivity contribution < 1.29 is 22.7 Å². The van der Waals surface area contributed by atoms with E-state index in [1.165, 1.54) is 42.3 Å². The quantitative estimate of drug-likeness (QED) is 0.517. The second kappa shape index (κ2) is 8.97. The van der Waals surface area contributed by atoms with Gasteiger partial charge in [0.1, 0.15) is 6.54 Å². The van der Waals surface area contributed by atoms with Gasteiger partial charge in [0.25, 0.3) is 5.91 Å². The molecule has 2 aromatic rings. The number of ether oxygens (including phenoxy) is 1. The number of sulfone groups is 1. The lowest BCUT2D eigenvalue weighted by Gasteiger charge is -2.35. The SMILES string of the molecule is COC(=O)CN(C(=O)c1cc(Br)cc(S(=O)(=O)c2cccc(Br)c2)c1)C(C)(C)C. The normalized spacial score (nSPS) is 11.8. The average molecular weight is 547 g/mol. The molecule has 6 nitrogen and oxygen atoms in total. The molecule has 0 saturated carbocycles. The molecular weight excluding hydrogens is 526 g/mol. The number of rotatable bonds is 5. The van der Waals surface area contributed by atoms with Gasteiger partial charge in [0.15, 0.2) is 0 Å². The molecule has 2 aromatic carbocycles. The molecule has 29 heavy (non-hydrogen) atoms. The Morgan fingerprint density at radius 2 is 1.62 bits per heavy atom. The van der Waals surface area contributed by atoms with Crippen LogP contribution >= 0.6 is 31.9 Å². The van der Waals surface area contributed by atoms with E-state index in [9.17, 15) is 18.0 Å². The predicted octanol–water partition coefficient (Wildman–Crippen LogP) is 4.46. The van der Waals surface area contributed by atoms with Crippen LogP contribution in [0.3, 0.4) is 0 Å². The third kappa shape index (κ3) is 5.67. The number of hydrogen-bond donors (Lipinski definition) is 0. The highest BCUT2D eigenvalue weighted by molar-refractivity contribution is 9.10. The van der Waals surface area contributed by atoms with Gasteiger partial charge in [-0.1, -0.05) is 37.9 Å². The molecule has 0 spiro atoms. The first kappa shape index (κ1) is 23.6. The molecule has 9 heteroatoms. The monoisotopic (exact) mass is 545 g/mol. The molecule has 156 valence electrons. The van der Waals surface area contributed by atoms with Gasteiger partial charge in [0.2, 0.25) is 9.84 Å². The Labute approximate surface area is 187 Å². The van der Waals surface area contributed by atoms with Crippen molar-refractivity contribution in [3.63, 3.8) is 0 Å². The molecule has 0 saturated heterocycles. The lowest BCUT2D eigenvalue weighted by atomic mass is 10.0. The zero-order valence-electron chi connectivity index (χ0n) is 16.4. The molecule has 0 aliphatic rings. The second-order valence-electron chi connectivity index (χ2n) is 7.27. The minimum atomic E-state index is -3.85. The van der Waals surface area contributed by atoms with Crippen LogP contribution in [0.2, 0.25) is 0 Å². The summed E-state index contributed by atoms with van der Waals surface area (Å²) in [6.07, 6.45) is 0. The topological polar surface area (TPSA) is 80.8 Å². The maximum Gasteiger partial charge on any atom is 0.325 e. The highest BCUT2D eigenvalue weighted by atomic mass is 79.9. The van der Waals surface area contributed by atoms with E-state index in [-0.39, 0.29) is 21.9 Å². The largest absolute Gasteiger partial charge is 0.468 e. The molecule has 0 heterocycles. The fourth-order valence-corrected chi connectivity index (χ4v) is 5.15. The van der Waals surface area contributed by atoms with Crippen LogP contribution in [0.5, 0.6) is 0 Å². The molecule has 0 bridgehead atoms. The summed E-state index contributed by atoms with van der Waals surface area (Å²) < 4.78 is 31.9. The van der Waals surface area contributed by atoms with Crippen LogP contribution in [0.25, 0.3) is 0 Å². The van der Waals surface area contributed by atoms with Gasteiger partial charge in [0.05, 0.1) is 16.9 Å². The van der Waals surface area contributed by atoms with Gasteiger partial charge in [0, 0.05) is 20.0 Å². The van der Waals surface area contributed by atoms with E-state index in [2.05, 4.69) is 31.9 Å². The molecule has 0 fully saturated rings. The van der Waals surface area contributed by atoms with E-state index in [1.54, 1.807) is 32.9 Å². The fourth-order valence-electron chi connectivity index (χ4n) is 2.57. The second-order valence-corrected chi connectivity index (χ2v) is 11.1. The standard InChI is InChI=1S/C20H21Br2NO5S/c1-20(2,3)23(12-18(24)28-4)19(25)13-8-15(22)11-17(9-13)29(26,27)16-7-5-6-14(21)10-16/h5-11H,12H2,1-4H3. The third-order valence-electron chi connectivity index (χ3n) is 4.10. The van der Waals surface area contributed by atoms with Gasteiger partial charge in [-0.2, -0.15) is 0 Å². The average Bonchev–Trinajstić information content (AvgIpc) is 2.63. The van der Waals surface area contributed by atoms with Crippen molar-refractivity contribution >= 4 is 53.6 Å². The summed E-state index contributed by atoms with van der Waals surface area (Å²) in [5.74, 6) is -1.04. The van der Waals surface area contributed by atoms with E-state index >= 15 is 0 Å². The van der Waals surface area contributed by atoms with Crippen molar-refractivity contribution in [2.45, 2.75) is 36.1 Å². The van der Waals surface area contributed by atoms with Crippen LogP contribution in [0.4, 0.5) is 0 Å². The molecular formula is C20H21Br2NO5S. The molecule has 0 aliphatic carbocycles. The van der Waals surface area contributed by atoms with Crippen molar-refractivity contribution in [2.75, 3.05) is 13.7 Å². The summed E-state index contributed by atoms with van der Waals surface area (Å²) in [4.78, 5) is 26.4. The third-order valence-corrected chi connectivity index (χ3v) is 6.79. The van der Waals surface area contributed by atoms with E-state index in [1.807, 2.05) is 0 Å². The van der Waals surface area contributed by atoms with E-state index < -0.39 is 27.3 Å². The Morgan fingerprint density at radius 3 is 2.17 bits per heavy atom. The molecule has 0 aliphatic heterocycles. The van der Waals surface area contributed by atoms with Gasteiger partial charge < -0.3 is 9.64 Å². The number of benzene rings is 2. The minimum Gasteiger partial charge on any atom is -0.468 e. The molecule has 0 radical (unpaired) electrons. The van der Waals surface area contributed by atoms with Gasteiger partial charge in [-0.15, -0.1) is 0 Å². The van der Waals surface area contributed by atoms with E-state index in [0.29, 0.717) is 8.95 Å². The van der Waals surface area contributed by atoms with Gasteiger partial charge in [-0.3, -0.25) is 9.59 Å². The summed E-state index contributed by atoms with van der Waals surface area (Å²) >= 11 is 6.56. The van der Waals surface area contributed by atoms with Gasteiger partial charge in [-0.25, -0.2) is 8.42 Å². The fraction of sp³-hybridized carbons (Fsp3) is 0.300. The molecule has 0 aromatic heterocycles.